The number of rotatable bonds is 6. The number of anilines is 1. The largest absolute Gasteiger partial charge is 0.497 e. The Morgan fingerprint density at radius 1 is 1.11 bits per heavy atom. The van der Waals surface area contributed by atoms with E-state index >= 15 is 0 Å². The number of halogens is 2. The van der Waals surface area contributed by atoms with Gasteiger partial charge in [-0.3, -0.25) is 4.79 Å². The fourth-order valence-corrected chi connectivity index (χ4v) is 3.53. The van der Waals surface area contributed by atoms with Gasteiger partial charge in [0, 0.05) is 11.3 Å². The zero-order chi connectivity index (χ0) is 19.2. The number of piperazine rings is 1. The summed E-state index contributed by atoms with van der Waals surface area (Å²) in [5.41, 5.74) is 1.81. The van der Waals surface area contributed by atoms with E-state index in [1.54, 1.807) is 7.11 Å². The Hall–Kier alpha value is -2.15. The number of hydrogen-bond donors (Lipinski definition) is 3. The molecule has 0 saturated carbocycles. The summed E-state index contributed by atoms with van der Waals surface area (Å²) in [4.78, 5) is 15.0. The second-order valence-corrected chi connectivity index (χ2v) is 7.29. The van der Waals surface area contributed by atoms with Gasteiger partial charge in [0.25, 0.3) is 5.91 Å². The summed E-state index contributed by atoms with van der Waals surface area (Å²) >= 11 is 5.75. The molecule has 0 bridgehead atoms. The monoisotopic (exact) mass is 393 g/mol. The quantitative estimate of drug-likeness (QED) is 0.666. The molecular weight excluding hydrogens is 369 g/mol. The molecule has 27 heavy (non-hydrogen) atoms. The van der Waals surface area contributed by atoms with E-state index in [0.29, 0.717) is 12.2 Å². The van der Waals surface area contributed by atoms with Crippen molar-refractivity contribution in [3.63, 3.8) is 0 Å². The fraction of sp³-hybridized carbons (Fsp3) is 0.350. The first-order chi connectivity index (χ1) is 13.0. The smallest absolute Gasteiger partial charge is 0.279 e. The van der Waals surface area contributed by atoms with Gasteiger partial charge in [0.05, 0.1) is 12.1 Å². The Balaban J connectivity index is 1.43. The number of hydrogen-bond acceptors (Lipinski definition) is 2. The SMILES string of the molecule is COc1ccc(C[NH+]2CC[NH+](CC(=O)Nc3ccc(F)c(Cl)c3)CC2)cc1. The lowest BCUT2D eigenvalue weighted by atomic mass is 10.2. The third kappa shape index (κ3) is 5.66. The van der Waals surface area contributed by atoms with Crippen molar-refractivity contribution in [3.8, 4) is 5.75 Å². The lowest BCUT2D eigenvalue weighted by Gasteiger charge is -2.29. The van der Waals surface area contributed by atoms with Crippen molar-refractivity contribution in [3.05, 3.63) is 58.9 Å². The van der Waals surface area contributed by atoms with Crippen LogP contribution in [0.15, 0.2) is 42.5 Å². The van der Waals surface area contributed by atoms with Crippen LogP contribution in [0.1, 0.15) is 5.56 Å². The highest BCUT2D eigenvalue weighted by molar-refractivity contribution is 6.31. The second-order valence-electron chi connectivity index (χ2n) is 6.88. The molecule has 0 aliphatic carbocycles. The van der Waals surface area contributed by atoms with Gasteiger partial charge in [-0.2, -0.15) is 0 Å². The van der Waals surface area contributed by atoms with Gasteiger partial charge in [-0.15, -0.1) is 0 Å². The Morgan fingerprint density at radius 2 is 1.78 bits per heavy atom. The highest BCUT2D eigenvalue weighted by Crippen LogP contribution is 2.19. The first-order valence-electron chi connectivity index (χ1n) is 9.08. The number of nitrogens with one attached hydrogen (secondary N) is 3. The van der Waals surface area contributed by atoms with Crippen LogP contribution < -0.4 is 19.9 Å². The van der Waals surface area contributed by atoms with E-state index in [1.807, 2.05) is 12.1 Å². The number of methoxy groups -OCH3 is 1. The topological polar surface area (TPSA) is 47.2 Å². The van der Waals surface area contributed by atoms with Gasteiger partial charge >= 0.3 is 0 Å². The van der Waals surface area contributed by atoms with Gasteiger partial charge < -0.3 is 19.9 Å². The predicted molar refractivity (Wildman–Crippen MR) is 103 cm³/mol. The van der Waals surface area contributed by atoms with Crippen LogP contribution in [0.25, 0.3) is 0 Å². The van der Waals surface area contributed by atoms with Gasteiger partial charge in [-0.05, 0) is 42.5 Å². The Kier molecular flexibility index (Phi) is 6.66. The van der Waals surface area contributed by atoms with Crippen LogP contribution >= 0.6 is 11.6 Å². The van der Waals surface area contributed by atoms with Crippen LogP contribution in [0.2, 0.25) is 5.02 Å². The second kappa shape index (κ2) is 9.17. The van der Waals surface area contributed by atoms with Gasteiger partial charge in [0.2, 0.25) is 0 Å². The molecule has 1 aliphatic rings. The lowest BCUT2D eigenvalue weighted by Crippen LogP contribution is -3.28. The summed E-state index contributed by atoms with van der Waals surface area (Å²) < 4.78 is 18.4. The van der Waals surface area contributed by atoms with Crippen molar-refractivity contribution >= 4 is 23.2 Å². The lowest BCUT2D eigenvalue weighted by molar-refractivity contribution is -1.02. The molecule has 1 fully saturated rings. The van der Waals surface area contributed by atoms with E-state index < -0.39 is 5.82 Å². The van der Waals surface area contributed by atoms with Gasteiger partial charge in [-0.25, -0.2) is 4.39 Å². The van der Waals surface area contributed by atoms with E-state index in [2.05, 4.69) is 17.4 Å². The Morgan fingerprint density at radius 3 is 2.41 bits per heavy atom. The van der Waals surface area contributed by atoms with E-state index in [-0.39, 0.29) is 10.9 Å². The summed E-state index contributed by atoms with van der Waals surface area (Å²) in [5, 5.41) is 2.80. The molecule has 0 spiro atoms. The van der Waals surface area contributed by atoms with Crippen LogP contribution in [-0.4, -0.2) is 45.7 Å². The van der Waals surface area contributed by atoms with Gasteiger partial charge in [-0.1, -0.05) is 11.6 Å². The van der Waals surface area contributed by atoms with Gasteiger partial charge in [0.15, 0.2) is 6.54 Å². The molecule has 144 valence electrons. The molecule has 0 radical (unpaired) electrons. The van der Waals surface area contributed by atoms with Crippen molar-refractivity contribution in [2.45, 2.75) is 6.54 Å². The van der Waals surface area contributed by atoms with Crippen LogP contribution in [0.4, 0.5) is 10.1 Å². The van der Waals surface area contributed by atoms with Crippen molar-refractivity contribution < 1.29 is 23.7 Å². The zero-order valence-corrected chi connectivity index (χ0v) is 16.1. The summed E-state index contributed by atoms with van der Waals surface area (Å²) in [7, 11) is 1.67. The summed E-state index contributed by atoms with van der Waals surface area (Å²) in [6, 6.07) is 12.4. The summed E-state index contributed by atoms with van der Waals surface area (Å²) in [5.74, 6) is 0.305. The molecule has 0 unspecified atom stereocenters. The molecular formula is C20H25ClFN3O2+2. The number of carbonyl (C=O) groups excluding carboxylic acids is 1. The molecule has 7 heteroatoms. The predicted octanol–water partition coefficient (Wildman–Crippen LogP) is 0.410. The van der Waals surface area contributed by atoms with Crippen LogP contribution in [0.3, 0.4) is 0 Å². The minimum atomic E-state index is -0.490. The number of quaternary nitrogens is 2. The van der Waals surface area contributed by atoms with Crippen molar-refractivity contribution in [2.75, 3.05) is 45.2 Å². The minimum absolute atomic E-state index is 0.0101. The van der Waals surface area contributed by atoms with Crippen molar-refractivity contribution in [1.82, 2.24) is 0 Å². The molecule has 1 aliphatic heterocycles. The minimum Gasteiger partial charge on any atom is -0.497 e. The molecule has 5 nitrogen and oxygen atoms in total. The third-order valence-electron chi connectivity index (χ3n) is 4.89. The van der Waals surface area contributed by atoms with Gasteiger partial charge in [0.1, 0.15) is 44.3 Å². The number of benzene rings is 2. The average Bonchev–Trinajstić information content (AvgIpc) is 2.67. The molecule has 1 heterocycles. The normalized spacial score (nSPS) is 19.5. The van der Waals surface area contributed by atoms with Crippen LogP contribution in [0.5, 0.6) is 5.75 Å². The standard InChI is InChI=1S/C20H23ClFN3O2/c1-27-17-5-2-15(3-6-17)13-24-8-10-25(11-9-24)14-20(26)23-16-4-7-19(22)18(21)12-16/h2-7,12H,8-11,13-14H2,1H3,(H,23,26)/p+2. The molecule has 1 saturated heterocycles. The number of amides is 1. The van der Waals surface area contributed by atoms with Crippen molar-refractivity contribution in [1.29, 1.82) is 0 Å². The van der Waals surface area contributed by atoms with E-state index in [9.17, 15) is 9.18 Å². The maximum absolute atomic E-state index is 13.2. The Labute approximate surface area is 163 Å². The average molecular weight is 394 g/mol. The third-order valence-corrected chi connectivity index (χ3v) is 5.18. The van der Waals surface area contributed by atoms with Crippen molar-refractivity contribution in [2.24, 2.45) is 0 Å². The van der Waals surface area contributed by atoms with Crippen LogP contribution in [-0.2, 0) is 11.3 Å². The van der Waals surface area contributed by atoms with E-state index in [4.69, 9.17) is 16.3 Å². The molecule has 0 atom stereocenters. The number of ether oxygens (including phenoxy) is 1. The van der Waals surface area contributed by atoms with E-state index in [1.165, 1.54) is 33.6 Å². The highest BCUT2D eigenvalue weighted by atomic mass is 35.5. The molecule has 1 amide bonds. The molecule has 3 N–H and O–H groups in total. The first-order valence-corrected chi connectivity index (χ1v) is 9.46. The Bertz CT molecular complexity index is 777. The van der Waals surface area contributed by atoms with E-state index in [0.717, 1.165) is 38.5 Å². The zero-order valence-electron chi connectivity index (χ0n) is 15.4. The fourth-order valence-electron chi connectivity index (χ4n) is 3.35. The summed E-state index contributed by atoms with van der Waals surface area (Å²) in [6.45, 7) is 5.34. The van der Waals surface area contributed by atoms with Crippen LogP contribution in [0, 0.1) is 5.82 Å². The first kappa shape index (κ1) is 19.6. The molecule has 3 rings (SSSR count). The molecule has 2 aromatic carbocycles. The summed E-state index contributed by atoms with van der Waals surface area (Å²) in [6.07, 6.45) is 0. The molecule has 0 aromatic heterocycles. The highest BCUT2D eigenvalue weighted by Gasteiger charge is 2.25. The molecule has 2 aromatic rings. The maximum Gasteiger partial charge on any atom is 0.279 e. The number of carbonyl (C=O) groups is 1. The maximum atomic E-state index is 13.2.